The summed E-state index contributed by atoms with van der Waals surface area (Å²) in [5.41, 5.74) is 5.06. The molecule has 0 saturated carbocycles. The summed E-state index contributed by atoms with van der Waals surface area (Å²) in [4.78, 5) is 0. The molecule has 4 rings (SSSR count). The van der Waals surface area contributed by atoms with E-state index in [1.54, 1.807) is 0 Å². The molecule has 0 nitrogen and oxygen atoms in total. The van der Waals surface area contributed by atoms with E-state index in [0.29, 0.717) is 0 Å². The van der Waals surface area contributed by atoms with Gasteiger partial charge in [0, 0.05) is 6.89 Å². The maximum absolute atomic E-state index is 3.88. The molecule has 0 aliphatic heterocycles. The van der Waals surface area contributed by atoms with Gasteiger partial charge in [0.05, 0.1) is 0 Å². The molecule has 4 aromatic rings. The van der Waals surface area contributed by atoms with Crippen LogP contribution in [0.3, 0.4) is 0 Å². The van der Waals surface area contributed by atoms with Crippen LogP contribution in [0.15, 0.2) is 121 Å². The van der Waals surface area contributed by atoms with Crippen molar-refractivity contribution in [1.29, 1.82) is 0 Å². The van der Waals surface area contributed by atoms with Gasteiger partial charge in [0.2, 0.25) is 0 Å². The van der Waals surface area contributed by atoms with Gasteiger partial charge >= 0.3 is 0 Å². The molecular formula is C26H21P. The molecule has 0 N–H and O–H groups in total. The molecule has 0 aliphatic rings. The van der Waals surface area contributed by atoms with Crippen LogP contribution in [0, 0.1) is 0 Å². The summed E-state index contributed by atoms with van der Waals surface area (Å²) >= 11 is 0. The van der Waals surface area contributed by atoms with E-state index >= 15 is 0 Å². The van der Waals surface area contributed by atoms with Crippen LogP contribution < -0.4 is 15.9 Å². The van der Waals surface area contributed by atoms with Crippen LogP contribution in [0.1, 0.15) is 5.56 Å². The number of hydrogen-bond donors (Lipinski definition) is 0. The van der Waals surface area contributed by atoms with Crippen molar-refractivity contribution in [2.24, 2.45) is 0 Å². The molecule has 0 saturated heterocycles. The van der Waals surface area contributed by atoms with Gasteiger partial charge in [-0.2, -0.15) is 0 Å². The second kappa shape index (κ2) is 8.11. The summed E-state index contributed by atoms with van der Waals surface area (Å²) in [5.74, 6) is 0. The van der Waals surface area contributed by atoms with E-state index in [0.717, 1.165) is 0 Å². The van der Waals surface area contributed by atoms with Gasteiger partial charge in [-0.3, -0.25) is 0 Å². The Morgan fingerprint density at radius 3 is 1.15 bits per heavy atom. The lowest BCUT2D eigenvalue weighted by Crippen LogP contribution is -2.25. The van der Waals surface area contributed by atoms with Gasteiger partial charge in [0.1, 0.15) is 0 Å². The third-order valence-corrected chi connectivity index (χ3v) is 8.39. The Balaban J connectivity index is 2.12. The SMILES string of the molecule is C(=Cc1ccccc1)=P(c1ccccc1)(c1ccccc1)c1ccccc1. The van der Waals surface area contributed by atoms with E-state index in [2.05, 4.69) is 127 Å². The Hall–Kier alpha value is -3.04. The zero-order chi connectivity index (χ0) is 18.4. The molecule has 27 heavy (non-hydrogen) atoms. The highest BCUT2D eigenvalue weighted by Gasteiger charge is 2.24. The first-order chi connectivity index (χ1) is 13.4. The van der Waals surface area contributed by atoms with Gasteiger partial charge < -0.3 is 0 Å². The van der Waals surface area contributed by atoms with Gasteiger partial charge in [0.25, 0.3) is 0 Å². The largest absolute Gasteiger partial charge is 0.112 e. The molecule has 1 heteroatoms. The second-order valence-corrected chi connectivity index (χ2v) is 9.51. The predicted molar refractivity (Wildman–Crippen MR) is 121 cm³/mol. The number of hydrogen-bond acceptors (Lipinski definition) is 0. The predicted octanol–water partition coefficient (Wildman–Crippen LogP) is 5.10. The van der Waals surface area contributed by atoms with Crippen LogP contribution in [0.2, 0.25) is 0 Å². The van der Waals surface area contributed by atoms with E-state index in [1.165, 1.54) is 21.5 Å². The summed E-state index contributed by atoms with van der Waals surface area (Å²) in [6.45, 7) is -2.02. The quantitative estimate of drug-likeness (QED) is 0.442. The molecule has 0 bridgehead atoms. The third kappa shape index (κ3) is 3.60. The fraction of sp³-hybridized carbons (Fsp3) is 0. The maximum atomic E-state index is 3.88. The van der Waals surface area contributed by atoms with E-state index < -0.39 is 6.89 Å². The van der Waals surface area contributed by atoms with Crippen LogP contribution in [0.4, 0.5) is 0 Å². The zero-order valence-electron chi connectivity index (χ0n) is 15.1. The summed E-state index contributed by atoms with van der Waals surface area (Å²) in [5, 5.41) is 3.94. The normalized spacial score (nSPS) is 10.8. The molecule has 0 aliphatic carbocycles. The fourth-order valence-corrected chi connectivity index (χ4v) is 6.89. The second-order valence-electron chi connectivity index (χ2n) is 6.36. The highest BCUT2D eigenvalue weighted by molar-refractivity contribution is 7.94. The van der Waals surface area contributed by atoms with Crippen molar-refractivity contribution in [1.82, 2.24) is 0 Å². The van der Waals surface area contributed by atoms with E-state index in [9.17, 15) is 0 Å². The average molecular weight is 364 g/mol. The van der Waals surface area contributed by atoms with Gasteiger partial charge in [-0.25, -0.2) is 0 Å². The first-order valence-corrected chi connectivity index (χ1v) is 10.9. The molecule has 0 unspecified atom stereocenters. The van der Waals surface area contributed by atoms with E-state index in [4.69, 9.17) is 0 Å². The lowest BCUT2D eigenvalue weighted by Gasteiger charge is -2.26. The lowest BCUT2D eigenvalue weighted by atomic mass is 10.2. The van der Waals surface area contributed by atoms with Crippen LogP contribution >= 0.6 is 6.89 Å². The van der Waals surface area contributed by atoms with Crippen LogP contribution in [0.25, 0.3) is 6.08 Å². The minimum atomic E-state index is -2.02. The molecule has 0 spiro atoms. The maximum Gasteiger partial charge on any atom is 0.0169 e. The first kappa shape index (κ1) is 17.4. The van der Waals surface area contributed by atoms with Crippen molar-refractivity contribution in [3.63, 3.8) is 0 Å². The van der Waals surface area contributed by atoms with Crippen molar-refractivity contribution >= 4 is 34.3 Å². The topological polar surface area (TPSA) is 0 Å². The molecule has 0 radical (unpaired) electrons. The van der Waals surface area contributed by atoms with Crippen molar-refractivity contribution in [3.05, 3.63) is 127 Å². The standard InChI is InChI=1S/C26H21P/c1-5-13-23(14-6-1)21-22-27(24-15-7-2-8-16-24,25-17-9-3-10-18-25)26-19-11-4-12-20-26/h1-21H. The zero-order valence-corrected chi connectivity index (χ0v) is 16.0. The minimum absolute atomic E-state index is 1.17. The molecular weight excluding hydrogens is 343 g/mol. The van der Waals surface area contributed by atoms with Crippen LogP contribution in [-0.2, 0) is 0 Å². The number of rotatable bonds is 4. The van der Waals surface area contributed by atoms with Gasteiger partial charge in [-0.05, 0) is 27.6 Å². The fourth-order valence-electron chi connectivity index (χ4n) is 3.35. The van der Waals surface area contributed by atoms with Gasteiger partial charge in [0.15, 0.2) is 0 Å². The lowest BCUT2D eigenvalue weighted by molar-refractivity contribution is 1.67. The van der Waals surface area contributed by atoms with Crippen molar-refractivity contribution in [2.45, 2.75) is 0 Å². The molecule has 0 fully saturated rings. The Bertz CT molecular complexity index is 973. The van der Waals surface area contributed by atoms with Gasteiger partial charge in [-0.1, -0.05) is 121 Å². The smallest absolute Gasteiger partial charge is 0.0169 e. The summed E-state index contributed by atoms with van der Waals surface area (Å²) in [7, 11) is 0. The van der Waals surface area contributed by atoms with Crippen molar-refractivity contribution in [3.8, 4) is 0 Å². The Labute approximate surface area is 161 Å². The third-order valence-electron chi connectivity index (χ3n) is 4.65. The molecule has 4 aromatic carbocycles. The molecule has 0 atom stereocenters. The molecule has 0 aromatic heterocycles. The molecule has 0 amide bonds. The molecule has 130 valence electrons. The first-order valence-electron chi connectivity index (χ1n) is 9.11. The minimum Gasteiger partial charge on any atom is -0.112 e. The van der Waals surface area contributed by atoms with E-state index in [-0.39, 0.29) is 0 Å². The van der Waals surface area contributed by atoms with E-state index in [1.807, 2.05) is 6.07 Å². The number of benzene rings is 4. The average Bonchev–Trinajstić information content (AvgIpc) is 2.77. The molecule has 0 heterocycles. The van der Waals surface area contributed by atoms with Crippen molar-refractivity contribution < 1.29 is 0 Å². The summed E-state index contributed by atoms with van der Waals surface area (Å²) < 4.78 is 0. The van der Waals surface area contributed by atoms with Crippen LogP contribution in [0.5, 0.6) is 0 Å². The Morgan fingerprint density at radius 2 is 0.778 bits per heavy atom. The Kier molecular flexibility index (Phi) is 5.22. The highest BCUT2D eigenvalue weighted by atomic mass is 31.2. The Morgan fingerprint density at radius 1 is 0.444 bits per heavy atom. The summed E-state index contributed by atoms with van der Waals surface area (Å²) in [6, 6.07) is 42.8. The monoisotopic (exact) mass is 364 g/mol. The highest BCUT2D eigenvalue weighted by Crippen LogP contribution is 2.42. The summed E-state index contributed by atoms with van der Waals surface area (Å²) in [6.07, 6.45) is 2.15. The van der Waals surface area contributed by atoms with Gasteiger partial charge in [-0.15, -0.1) is 5.45 Å². The van der Waals surface area contributed by atoms with Crippen molar-refractivity contribution in [2.75, 3.05) is 0 Å². The van der Waals surface area contributed by atoms with Crippen LogP contribution in [-0.4, -0.2) is 5.45 Å².